The summed E-state index contributed by atoms with van der Waals surface area (Å²) in [6.07, 6.45) is 1.65. The lowest BCUT2D eigenvalue weighted by atomic mass is 10.2. The molecule has 1 heterocycles. The number of oxazole rings is 1. The lowest BCUT2D eigenvalue weighted by molar-refractivity contribution is 0.488. The molecule has 0 bridgehead atoms. The zero-order chi connectivity index (χ0) is 10.8. The second kappa shape index (κ2) is 4.04. The number of hydrogen-bond acceptors (Lipinski definition) is 3. The van der Waals surface area contributed by atoms with Gasteiger partial charge in [-0.05, 0) is 31.2 Å². The number of rotatable bonds is 2. The molecule has 15 heavy (non-hydrogen) atoms. The molecule has 78 valence electrons. The van der Waals surface area contributed by atoms with Crippen LogP contribution in [0.25, 0.3) is 11.5 Å². The van der Waals surface area contributed by atoms with E-state index in [2.05, 4.69) is 4.98 Å². The van der Waals surface area contributed by atoms with E-state index in [4.69, 9.17) is 21.8 Å². The fraction of sp³-hybridized carbons (Fsp3) is 0.182. The molecular weight excluding hydrogens is 212 g/mol. The minimum absolute atomic E-state index is 0.140. The predicted octanol–water partition coefficient (Wildman–Crippen LogP) is 3.01. The van der Waals surface area contributed by atoms with E-state index in [9.17, 15) is 0 Å². The van der Waals surface area contributed by atoms with Gasteiger partial charge in [-0.2, -0.15) is 0 Å². The lowest BCUT2D eigenvalue weighted by Gasteiger charge is -1.98. The zero-order valence-corrected chi connectivity index (χ0v) is 9.03. The molecule has 2 N–H and O–H groups in total. The highest BCUT2D eigenvalue weighted by Gasteiger charge is 2.08. The quantitative estimate of drug-likeness (QED) is 0.850. The first-order valence-electron chi connectivity index (χ1n) is 4.64. The van der Waals surface area contributed by atoms with Crippen molar-refractivity contribution in [2.24, 2.45) is 5.73 Å². The summed E-state index contributed by atoms with van der Waals surface area (Å²) in [5.74, 6) is 1.25. The standard InChI is InChI=1S/C11H11ClN2O/c1-7(13)10-6-14-11(15-10)8-2-4-9(12)5-3-8/h2-7H,13H2,1H3. The molecule has 1 unspecified atom stereocenters. The second-order valence-corrected chi connectivity index (χ2v) is 3.80. The third-order valence-electron chi connectivity index (χ3n) is 2.06. The largest absolute Gasteiger partial charge is 0.440 e. The smallest absolute Gasteiger partial charge is 0.226 e. The topological polar surface area (TPSA) is 52.0 Å². The van der Waals surface area contributed by atoms with Gasteiger partial charge in [-0.15, -0.1) is 0 Å². The van der Waals surface area contributed by atoms with Crippen LogP contribution in [0.3, 0.4) is 0 Å². The van der Waals surface area contributed by atoms with Crippen molar-refractivity contribution >= 4 is 11.6 Å². The van der Waals surface area contributed by atoms with Gasteiger partial charge in [-0.25, -0.2) is 4.98 Å². The molecule has 0 aliphatic heterocycles. The molecular formula is C11H11ClN2O. The van der Waals surface area contributed by atoms with Crippen LogP contribution in [0.15, 0.2) is 34.9 Å². The van der Waals surface area contributed by atoms with Gasteiger partial charge >= 0.3 is 0 Å². The van der Waals surface area contributed by atoms with E-state index < -0.39 is 0 Å². The van der Waals surface area contributed by atoms with Crippen LogP contribution in [-0.4, -0.2) is 4.98 Å². The third-order valence-corrected chi connectivity index (χ3v) is 2.32. The Labute approximate surface area is 92.9 Å². The highest BCUT2D eigenvalue weighted by molar-refractivity contribution is 6.30. The van der Waals surface area contributed by atoms with E-state index in [0.717, 1.165) is 5.56 Å². The van der Waals surface area contributed by atoms with Gasteiger partial charge in [-0.3, -0.25) is 0 Å². The van der Waals surface area contributed by atoms with Crippen LogP contribution in [0.5, 0.6) is 0 Å². The Morgan fingerprint density at radius 1 is 1.33 bits per heavy atom. The number of nitrogens with two attached hydrogens (primary N) is 1. The molecule has 0 aliphatic rings. The predicted molar refractivity (Wildman–Crippen MR) is 59.6 cm³/mol. The third kappa shape index (κ3) is 2.19. The lowest BCUT2D eigenvalue weighted by Crippen LogP contribution is -2.02. The molecule has 1 atom stereocenters. The monoisotopic (exact) mass is 222 g/mol. The van der Waals surface area contributed by atoms with Crippen LogP contribution in [-0.2, 0) is 0 Å². The zero-order valence-electron chi connectivity index (χ0n) is 8.27. The van der Waals surface area contributed by atoms with Crippen molar-refractivity contribution in [2.45, 2.75) is 13.0 Å². The number of benzene rings is 1. The fourth-order valence-corrected chi connectivity index (χ4v) is 1.35. The highest BCUT2D eigenvalue weighted by Crippen LogP contribution is 2.22. The van der Waals surface area contributed by atoms with Crippen LogP contribution in [0.4, 0.5) is 0 Å². The average Bonchev–Trinajstić information content (AvgIpc) is 2.68. The van der Waals surface area contributed by atoms with Gasteiger partial charge in [0.05, 0.1) is 12.2 Å². The molecule has 2 rings (SSSR count). The molecule has 0 fully saturated rings. The summed E-state index contributed by atoms with van der Waals surface area (Å²) in [6, 6.07) is 7.18. The first kappa shape index (κ1) is 10.2. The van der Waals surface area contributed by atoms with Gasteiger partial charge in [0.2, 0.25) is 5.89 Å². The van der Waals surface area contributed by atoms with Crippen LogP contribution in [0.2, 0.25) is 5.02 Å². The molecule has 0 saturated carbocycles. The van der Waals surface area contributed by atoms with Crippen molar-refractivity contribution in [3.8, 4) is 11.5 Å². The Kier molecular flexibility index (Phi) is 2.75. The average molecular weight is 223 g/mol. The summed E-state index contributed by atoms with van der Waals surface area (Å²) in [7, 11) is 0. The van der Waals surface area contributed by atoms with Crippen LogP contribution in [0.1, 0.15) is 18.7 Å². The highest BCUT2D eigenvalue weighted by atomic mass is 35.5. The van der Waals surface area contributed by atoms with Crippen molar-refractivity contribution in [2.75, 3.05) is 0 Å². The maximum Gasteiger partial charge on any atom is 0.226 e. The molecule has 0 aliphatic carbocycles. The van der Waals surface area contributed by atoms with Crippen molar-refractivity contribution in [3.63, 3.8) is 0 Å². The summed E-state index contributed by atoms with van der Waals surface area (Å²) in [4.78, 5) is 4.15. The molecule has 0 radical (unpaired) electrons. The van der Waals surface area contributed by atoms with E-state index in [1.807, 2.05) is 19.1 Å². The van der Waals surface area contributed by atoms with Gasteiger partial charge in [0.1, 0.15) is 5.76 Å². The molecule has 0 spiro atoms. The SMILES string of the molecule is CC(N)c1cnc(-c2ccc(Cl)cc2)o1. The minimum atomic E-state index is -0.140. The molecule has 1 aromatic carbocycles. The van der Waals surface area contributed by atoms with Gasteiger partial charge in [-0.1, -0.05) is 11.6 Å². The minimum Gasteiger partial charge on any atom is -0.440 e. The number of aromatic nitrogens is 1. The molecule has 0 amide bonds. The maximum absolute atomic E-state index is 5.78. The first-order chi connectivity index (χ1) is 7.16. The van der Waals surface area contributed by atoms with Crippen LogP contribution in [0, 0.1) is 0 Å². The number of nitrogens with zero attached hydrogens (tertiary/aromatic N) is 1. The molecule has 3 nitrogen and oxygen atoms in total. The fourth-order valence-electron chi connectivity index (χ4n) is 1.22. The van der Waals surface area contributed by atoms with Crippen molar-refractivity contribution in [3.05, 3.63) is 41.2 Å². The second-order valence-electron chi connectivity index (χ2n) is 3.36. The van der Waals surface area contributed by atoms with Crippen LogP contribution >= 0.6 is 11.6 Å². The van der Waals surface area contributed by atoms with Gasteiger partial charge in [0, 0.05) is 10.6 Å². The number of hydrogen-bond donors (Lipinski definition) is 1. The van der Waals surface area contributed by atoms with Crippen molar-refractivity contribution in [1.82, 2.24) is 4.98 Å². The first-order valence-corrected chi connectivity index (χ1v) is 5.02. The maximum atomic E-state index is 5.78. The summed E-state index contributed by atoms with van der Waals surface area (Å²) in [5, 5.41) is 0.692. The Hall–Kier alpha value is -1.32. The van der Waals surface area contributed by atoms with Gasteiger partial charge in [0.15, 0.2) is 0 Å². The summed E-state index contributed by atoms with van der Waals surface area (Å²) >= 11 is 5.78. The van der Waals surface area contributed by atoms with Crippen LogP contribution < -0.4 is 5.73 Å². The molecule has 2 aromatic rings. The Balaban J connectivity index is 2.33. The van der Waals surface area contributed by atoms with E-state index in [0.29, 0.717) is 16.7 Å². The molecule has 4 heteroatoms. The van der Waals surface area contributed by atoms with E-state index in [1.165, 1.54) is 0 Å². The Morgan fingerprint density at radius 2 is 2.00 bits per heavy atom. The summed E-state index contributed by atoms with van der Waals surface area (Å²) in [6.45, 7) is 1.85. The Bertz CT molecular complexity index is 448. The van der Waals surface area contributed by atoms with E-state index in [1.54, 1.807) is 18.3 Å². The van der Waals surface area contributed by atoms with E-state index >= 15 is 0 Å². The Morgan fingerprint density at radius 3 is 2.53 bits per heavy atom. The summed E-state index contributed by atoms with van der Waals surface area (Å²) < 4.78 is 5.49. The molecule has 0 saturated heterocycles. The van der Waals surface area contributed by atoms with Gasteiger partial charge < -0.3 is 10.2 Å². The van der Waals surface area contributed by atoms with Gasteiger partial charge in [0.25, 0.3) is 0 Å². The van der Waals surface area contributed by atoms with Crippen molar-refractivity contribution < 1.29 is 4.42 Å². The normalized spacial score (nSPS) is 12.7. The summed E-state index contributed by atoms with van der Waals surface area (Å²) in [5.41, 5.74) is 6.57. The molecule has 1 aromatic heterocycles. The number of halogens is 1. The van der Waals surface area contributed by atoms with Crippen molar-refractivity contribution in [1.29, 1.82) is 0 Å². The van der Waals surface area contributed by atoms with E-state index in [-0.39, 0.29) is 6.04 Å².